The molecular weight excluding hydrogens is 452 g/mol. The minimum absolute atomic E-state index is 0.0202. The molecular formula is C29H28N4O3. The van der Waals surface area contributed by atoms with Crippen LogP contribution >= 0.6 is 0 Å². The Kier molecular flexibility index (Phi) is 5.40. The summed E-state index contributed by atoms with van der Waals surface area (Å²) in [6.07, 6.45) is 5.42. The van der Waals surface area contributed by atoms with Crippen molar-refractivity contribution in [1.29, 1.82) is 0 Å². The van der Waals surface area contributed by atoms with E-state index in [1.807, 2.05) is 86.8 Å². The maximum atomic E-state index is 14.1. The molecule has 1 aliphatic heterocycles. The minimum Gasteiger partial charge on any atom is -0.467 e. The second-order valence-electron chi connectivity index (χ2n) is 9.58. The molecule has 1 atom stereocenters. The zero-order chi connectivity index (χ0) is 24.8. The Bertz CT molecular complexity index is 1430. The molecule has 3 amide bonds. The van der Waals surface area contributed by atoms with Gasteiger partial charge in [0.2, 0.25) is 5.91 Å². The number of para-hydroxylation sites is 2. The number of aryl methyl sites for hydroxylation is 2. The highest BCUT2D eigenvalue weighted by Gasteiger charge is 2.41. The van der Waals surface area contributed by atoms with Gasteiger partial charge >= 0.3 is 6.03 Å². The maximum Gasteiger partial charge on any atom is 0.322 e. The molecule has 1 N–H and O–H groups in total. The van der Waals surface area contributed by atoms with Crippen molar-refractivity contribution in [3.63, 3.8) is 0 Å². The van der Waals surface area contributed by atoms with E-state index in [1.54, 1.807) is 16.1 Å². The van der Waals surface area contributed by atoms with E-state index in [4.69, 9.17) is 4.42 Å². The number of furan rings is 1. The van der Waals surface area contributed by atoms with Crippen LogP contribution in [0.3, 0.4) is 0 Å². The molecule has 1 fully saturated rings. The lowest BCUT2D eigenvalue weighted by molar-refractivity contribution is -0.119. The van der Waals surface area contributed by atoms with Gasteiger partial charge in [-0.2, -0.15) is 0 Å². The van der Waals surface area contributed by atoms with E-state index in [9.17, 15) is 9.59 Å². The van der Waals surface area contributed by atoms with Crippen molar-refractivity contribution in [2.24, 2.45) is 0 Å². The Morgan fingerprint density at radius 1 is 1.00 bits per heavy atom. The fourth-order valence-electron chi connectivity index (χ4n) is 5.09. The monoisotopic (exact) mass is 480 g/mol. The Balaban J connectivity index is 1.33. The third-order valence-electron chi connectivity index (χ3n) is 6.98. The molecule has 4 aromatic rings. The number of urea groups is 1. The zero-order valence-corrected chi connectivity index (χ0v) is 20.3. The quantitative estimate of drug-likeness (QED) is 0.391. The normalized spacial score (nSPS) is 16.3. The number of hydrogen-bond donors (Lipinski definition) is 1. The van der Waals surface area contributed by atoms with E-state index in [0.29, 0.717) is 5.76 Å². The number of fused-ring (bicyclic) bond motifs is 3. The van der Waals surface area contributed by atoms with Crippen molar-refractivity contribution in [3.8, 4) is 5.69 Å². The number of benzene rings is 2. The van der Waals surface area contributed by atoms with Gasteiger partial charge in [-0.25, -0.2) is 4.79 Å². The predicted octanol–water partition coefficient (Wildman–Crippen LogP) is 5.82. The Hall–Kier alpha value is -4.26. The molecule has 36 heavy (non-hydrogen) atoms. The lowest BCUT2D eigenvalue weighted by Crippen LogP contribution is -2.48. The highest BCUT2D eigenvalue weighted by molar-refractivity contribution is 6.01. The number of hydrogen-bond acceptors (Lipinski definition) is 3. The van der Waals surface area contributed by atoms with Crippen LogP contribution < -0.4 is 10.2 Å². The Labute approximate surface area is 209 Å². The molecule has 1 aliphatic carbocycles. The van der Waals surface area contributed by atoms with Crippen LogP contribution in [0.15, 0.2) is 83.6 Å². The van der Waals surface area contributed by atoms with E-state index >= 15 is 0 Å². The van der Waals surface area contributed by atoms with Crippen LogP contribution in [0.4, 0.5) is 16.2 Å². The lowest BCUT2D eigenvalue weighted by Gasteiger charge is -2.38. The van der Waals surface area contributed by atoms with Gasteiger partial charge in [0.25, 0.3) is 0 Å². The predicted molar refractivity (Wildman–Crippen MR) is 138 cm³/mol. The molecule has 3 heterocycles. The van der Waals surface area contributed by atoms with Crippen molar-refractivity contribution in [1.82, 2.24) is 9.47 Å². The van der Waals surface area contributed by atoms with Gasteiger partial charge in [0.15, 0.2) is 0 Å². The molecule has 0 spiro atoms. The van der Waals surface area contributed by atoms with Crippen molar-refractivity contribution in [2.45, 2.75) is 38.8 Å². The highest BCUT2D eigenvalue weighted by Crippen LogP contribution is 2.42. The van der Waals surface area contributed by atoms with Crippen molar-refractivity contribution in [2.75, 3.05) is 16.8 Å². The van der Waals surface area contributed by atoms with Crippen molar-refractivity contribution < 1.29 is 14.0 Å². The topological polar surface area (TPSA) is 70.7 Å². The van der Waals surface area contributed by atoms with Gasteiger partial charge in [0.1, 0.15) is 18.3 Å². The van der Waals surface area contributed by atoms with E-state index in [2.05, 4.69) is 9.88 Å². The summed E-state index contributed by atoms with van der Waals surface area (Å²) in [4.78, 5) is 30.9. The molecule has 2 aromatic heterocycles. The largest absolute Gasteiger partial charge is 0.467 e. The van der Waals surface area contributed by atoms with Crippen LogP contribution in [-0.2, 0) is 4.79 Å². The molecule has 1 unspecified atom stereocenters. The van der Waals surface area contributed by atoms with Crippen LogP contribution in [0.5, 0.6) is 0 Å². The second kappa shape index (κ2) is 8.75. The van der Waals surface area contributed by atoms with Gasteiger partial charge in [0, 0.05) is 17.9 Å². The number of nitrogens with one attached hydrogen (secondary N) is 1. The first-order chi connectivity index (χ1) is 17.5. The SMILES string of the molecule is Cc1ccc(NC(=O)N(CC(=O)N2c3ccccc3-n3cccc3C2c2ccco2)C2CC2)c(C)c1. The molecule has 0 saturated heterocycles. The van der Waals surface area contributed by atoms with Gasteiger partial charge in [-0.1, -0.05) is 29.8 Å². The van der Waals surface area contributed by atoms with Gasteiger partial charge in [-0.15, -0.1) is 0 Å². The Morgan fingerprint density at radius 2 is 1.81 bits per heavy atom. The summed E-state index contributed by atoms with van der Waals surface area (Å²) < 4.78 is 7.90. The average molecular weight is 481 g/mol. The zero-order valence-electron chi connectivity index (χ0n) is 20.3. The fourth-order valence-corrected chi connectivity index (χ4v) is 5.09. The summed E-state index contributed by atoms with van der Waals surface area (Å²) in [5.41, 5.74) is 5.55. The number of carbonyl (C=O) groups excluding carboxylic acids is 2. The van der Waals surface area contributed by atoms with E-state index < -0.39 is 6.04 Å². The van der Waals surface area contributed by atoms with Crippen molar-refractivity contribution >= 4 is 23.3 Å². The summed E-state index contributed by atoms with van der Waals surface area (Å²) >= 11 is 0. The number of carbonyl (C=O) groups is 2. The third kappa shape index (κ3) is 3.86. The van der Waals surface area contributed by atoms with Gasteiger partial charge in [-0.05, 0) is 74.7 Å². The van der Waals surface area contributed by atoms with Crippen LogP contribution in [0, 0.1) is 13.8 Å². The van der Waals surface area contributed by atoms with Crippen LogP contribution in [0.25, 0.3) is 5.69 Å². The van der Waals surface area contributed by atoms with Crippen LogP contribution in [0.2, 0.25) is 0 Å². The molecule has 0 bridgehead atoms. The number of aromatic nitrogens is 1. The van der Waals surface area contributed by atoms with Gasteiger partial charge in [0.05, 0.1) is 23.3 Å². The lowest BCUT2D eigenvalue weighted by atomic mass is 10.0. The molecule has 0 radical (unpaired) electrons. The third-order valence-corrected chi connectivity index (χ3v) is 6.98. The van der Waals surface area contributed by atoms with Crippen LogP contribution in [-0.4, -0.2) is 34.0 Å². The second-order valence-corrected chi connectivity index (χ2v) is 9.58. The molecule has 2 aliphatic rings. The van der Waals surface area contributed by atoms with Gasteiger partial charge < -0.3 is 19.2 Å². The van der Waals surface area contributed by atoms with Crippen LogP contribution in [0.1, 0.15) is 41.5 Å². The molecule has 1 saturated carbocycles. The average Bonchev–Trinajstić information content (AvgIpc) is 3.34. The molecule has 7 heteroatoms. The Morgan fingerprint density at radius 3 is 2.53 bits per heavy atom. The standard InChI is InChI=1S/C29H28N4O3/c1-19-11-14-22(20(2)17-19)30-29(35)32(21-12-13-21)18-27(34)33-24-8-4-3-7-23(24)31-15-5-9-25(31)28(33)26-10-6-16-36-26/h3-11,14-17,21,28H,12-13,18H2,1-2H3,(H,30,35). The van der Waals surface area contributed by atoms with E-state index in [-0.39, 0.29) is 24.5 Å². The number of rotatable bonds is 5. The molecule has 6 rings (SSSR count). The summed E-state index contributed by atoms with van der Waals surface area (Å²) in [5.74, 6) is 0.523. The first-order valence-electron chi connectivity index (χ1n) is 12.3. The van der Waals surface area contributed by atoms with Gasteiger partial charge in [-0.3, -0.25) is 9.69 Å². The smallest absolute Gasteiger partial charge is 0.322 e. The first-order valence-corrected chi connectivity index (χ1v) is 12.3. The summed E-state index contributed by atoms with van der Waals surface area (Å²) in [7, 11) is 0. The van der Waals surface area contributed by atoms with E-state index in [1.165, 1.54) is 0 Å². The van der Waals surface area contributed by atoms with Crippen molar-refractivity contribution in [3.05, 3.63) is 102 Å². The highest BCUT2D eigenvalue weighted by atomic mass is 16.3. The summed E-state index contributed by atoms with van der Waals surface area (Å²) in [5, 5.41) is 3.03. The number of amides is 3. The summed E-state index contributed by atoms with van der Waals surface area (Å²) in [6, 6.07) is 20.9. The molecule has 7 nitrogen and oxygen atoms in total. The first kappa shape index (κ1) is 22.2. The number of nitrogens with zero attached hydrogens (tertiary/aromatic N) is 3. The minimum atomic E-state index is -0.430. The fraction of sp³-hybridized carbons (Fsp3) is 0.241. The molecule has 2 aromatic carbocycles. The number of anilines is 2. The van der Waals surface area contributed by atoms with E-state index in [0.717, 1.165) is 46.7 Å². The summed E-state index contributed by atoms with van der Waals surface area (Å²) in [6.45, 7) is 3.98. The molecule has 182 valence electrons. The maximum absolute atomic E-state index is 14.1.